The number of sulfonamides is 1. The summed E-state index contributed by atoms with van der Waals surface area (Å²) in [5, 5.41) is 0. The van der Waals surface area contributed by atoms with Crippen LogP contribution in [0.3, 0.4) is 0 Å². The number of ether oxygens (including phenoxy) is 1. The lowest BCUT2D eigenvalue weighted by Crippen LogP contribution is -2.37. The summed E-state index contributed by atoms with van der Waals surface area (Å²) in [7, 11) is -3.55. The summed E-state index contributed by atoms with van der Waals surface area (Å²) in [5.74, 6) is 0.809. The molecule has 1 saturated carbocycles. The molecule has 1 aromatic carbocycles. The first-order valence-corrected chi connectivity index (χ1v) is 11.0. The van der Waals surface area contributed by atoms with Gasteiger partial charge in [0.2, 0.25) is 15.9 Å². The monoisotopic (exact) mass is 380 g/mol. The highest BCUT2D eigenvalue weighted by Crippen LogP contribution is 2.26. The maximum absolute atomic E-state index is 12.9. The minimum Gasteiger partial charge on any atom is -0.490 e. The van der Waals surface area contributed by atoms with Gasteiger partial charge in [0.25, 0.3) is 0 Å². The van der Waals surface area contributed by atoms with Crippen LogP contribution in [0.4, 0.5) is 0 Å². The molecule has 0 aromatic heterocycles. The van der Waals surface area contributed by atoms with Crippen molar-refractivity contribution in [3.63, 3.8) is 0 Å². The SMILES string of the molecule is CCC(=O)N1CCCN(S(=O)(=O)c2ccc(OC3CCCC3)cc2)CC1. The molecule has 144 valence electrons. The Bertz CT molecular complexity index is 712. The van der Waals surface area contributed by atoms with Gasteiger partial charge in [-0.3, -0.25) is 4.79 Å². The third-order valence-corrected chi connectivity index (χ3v) is 7.09. The minimum absolute atomic E-state index is 0.0812. The van der Waals surface area contributed by atoms with Crippen LogP contribution < -0.4 is 4.74 Å². The standard InChI is InChI=1S/C19H28N2O4S/c1-2-19(22)20-12-5-13-21(15-14-20)26(23,24)18-10-8-17(9-11-18)25-16-6-3-4-7-16/h8-11,16H,2-7,12-15H2,1H3. The Balaban J connectivity index is 1.66. The van der Waals surface area contributed by atoms with E-state index in [2.05, 4.69) is 0 Å². The van der Waals surface area contributed by atoms with Gasteiger partial charge >= 0.3 is 0 Å². The van der Waals surface area contributed by atoms with Gasteiger partial charge in [-0.15, -0.1) is 0 Å². The Kier molecular flexibility index (Phi) is 6.19. The van der Waals surface area contributed by atoms with E-state index < -0.39 is 10.0 Å². The van der Waals surface area contributed by atoms with Crippen molar-refractivity contribution >= 4 is 15.9 Å². The Morgan fingerprint density at radius 2 is 1.73 bits per heavy atom. The molecule has 0 bridgehead atoms. The fraction of sp³-hybridized carbons (Fsp3) is 0.632. The van der Waals surface area contributed by atoms with E-state index in [4.69, 9.17) is 4.74 Å². The molecule has 0 atom stereocenters. The molecule has 0 spiro atoms. The predicted octanol–water partition coefficient (Wildman–Crippen LogP) is 2.64. The molecule has 26 heavy (non-hydrogen) atoms. The number of rotatable bonds is 5. The van der Waals surface area contributed by atoms with E-state index in [1.165, 1.54) is 17.1 Å². The third-order valence-electron chi connectivity index (χ3n) is 5.18. The zero-order chi connectivity index (χ0) is 18.6. The van der Waals surface area contributed by atoms with Crippen molar-refractivity contribution in [1.82, 2.24) is 9.21 Å². The second-order valence-electron chi connectivity index (χ2n) is 6.99. The van der Waals surface area contributed by atoms with Crippen LogP contribution in [-0.4, -0.2) is 55.8 Å². The Morgan fingerprint density at radius 3 is 2.38 bits per heavy atom. The van der Waals surface area contributed by atoms with Crippen molar-refractivity contribution in [1.29, 1.82) is 0 Å². The second-order valence-corrected chi connectivity index (χ2v) is 8.93. The van der Waals surface area contributed by atoms with Crippen molar-refractivity contribution in [3.8, 4) is 5.75 Å². The van der Waals surface area contributed by atoms with Crippen molar-refractivity contribution < 1.29 is 17.9 Å². The highest BCUT2D eigenvalue weighted by molar-refractivity contribution is 7.89. The number of carbonyl (C=O) groups is 1. The maximum Gasteiger partial charge on any atom is 0.243 e. The van der Waals surface area contributed by atoms with Crippen LogP contribution in [0, 0.1) is 0 Å². The van der Waals surface area contributed by atoms with E-state index in [1.54, 1.807) is 29.2 Å². The van der Waals surface area contributed by atoms with E-state index in [9.17, 15) is 13.2 Å². The normalized spacial score (nSPS) is 20.1. The first kappa shape index (κ1) is 19.2. The highest BCUT2D eigenvalue weighted by Gasteiger charge is 2.28. The third kappa shape index (κ3) is 4.38. The molecule has 2 aliphatic rings. The Hall–Kier alpha value is -1.60. The van der Waals surface area contributed by atoms with Gasteiger partial charge in [0.1, 0.15) is 5.75 Å². The summed E-state index contributed by atoms with van der Waals surface area (Å²) in [5.41, 5.74) is 0. The van der Waals surface area contributed by atoms with E-state index in [0.717, 1.165) is 18.6 Å². The number of nitrogens with zero attached hydrogens (tertiary/aromatic N) is 2. The molecular formula is C19H28N2O4S. The maximum atomic E-state index is 12.9. The second kappa shape index (κ2) is 8.39. The molecular weight excluding hydrogens is 352 g/mol. The quantitative estimate of drug-likeness (QED) is 0.788. The summed E-state index contributed by atoms with van der Waals surface area (Å²) in [6.45, 7) is 3.68. The minimum atomic E-state index is -3.55. The summed E-state index contributed by atoms with van der Waals surface area (Å²) >= 11 is 0. The summed E-state index contributed by atoms with van der Waals surface area (Å²) < 4.78 is 33.2. The van der Waals surface area contributed by atoms with Crippen LogP contribution in [0.5, 0.6) is 5.75 Å². The van der Waals surface area contributed by atoms with Crippen LogP contribution in [0.2, 0.25) is 0 Å². The average Bonchev–Trinajstić information content (AvgIpc) is 3.02. The van der Waals surface area contributed by atoms with Crippen LogP contribution in [0.25, 0.3) is 0 Å². The molecule has 0 N–H and O–H groups in total. The van der Waals surface area contributed by atoms with Gasteiger partial charge in [-0.2, -0.15) is 4.31 Å². The first-order valence-electron chi connectivity index (χ1n) is 9.55. The zero-order valence-corrected chi connectivity index (χ0v) is 16.2. The van der Waals surface area contributed by atoms with Gasteiger partial charge in [-0.25, -0.2) is 8.42 Å². The number of benzene rings is 1. The van der Waals surface area contributed by atoms with E-state index >= 15 is 0 Å². The number of hydrogen-bond acceptors (Lipinski definition) is 4. The van der Waals surface area contributed by atoms with Crippen LogP contribution in [0.15, 0.2) is 29.2 Å². The number of amides is 1. The molecule has 1 aromatic rings. The van der Waals surface area contributed by atoms with E-state index in [1.807, 2.05) is 6.92 Å². The van der Waals surface area contributed by atoms with E-state index in [0.29, 0.717) is 39.0 Å². The molecule has 3 rings (SSSR count). The molecule has 0 radical (unpaired) electrons. The average molecular weight is 381 g/mol. The summed E-state index contributed by atoms with van der Waals surface area (Å²) in [6.07, 6.45) is 5.91. The van der Waals surface area contributed by atoms with Gasteiger partial charge in [0.15, 0.2) is 0 Å². The van der Waals surface area contributed by atoms with Gasteiger partial charge in [-0.05, 0) is 56.4 Å². The largest absolute Gasteiger partial charge is 0.490 e. The van der Waals surface area contributed by atoms with E-state index in [-0.39, 0.29) is 16.9 Å². The molecule has 1 amide bonds. The summed E-state index contributed by atoms with van der Waals surface area (Å²) in [4.78, 5) is 13.9. The lowest BCUT2D eigenvalue weighted by molar-refractivity contribution is -0.130. The van der Waals surface area contributed by atoms with Gasteiger partial charge in [-0.1, -0.05) is 6.92 Å². The number of carbonyl (C=O) groups excluding carboxylic acids is 1. The van der Waals surface area contributed by atoms with Gasteiger partial charge < -0.3 is 9.64 Å². The lowest BCUT2D eigenvalue weighted by atomic mass is 10.3. The first-order chi connectivity index (χ1) is 12.5. The fourth-order valence-corrected chi connectivity index (χ4v) is 5.11. The fourth-order valence-electron chi connectivity index (χ4n) is 3.65. The predicted molar refractivity (Wildman–Crippen MR) is 99.6 cm³/mol. The topological polar surface area (TPSA) is 66.9 Å². The highest BCUT2D eigenvalue weighted by atomic mass is 32.2. The van der Waals surface area contributed by atoms with Crippen molar-refractivity contribution in [2.45, 2.75) is 56.4 Å². The number of hydrogen-bond donors (Lipinski definition) is 0. The molecule has 2 fully saturated rings. The van der Waals surface area contributed by atoms with Crippen LogP contribution in [0.1, 0.15) is 45.4 Å². The smallest absolute Gasteiger partial charge is 0.243 e. The lowest BCUT2D eigenvalue weighted by Gasteiger charge is -2.22. The summed E-state index contributed by atoms with van der Waals surface area (Å²) in [6, 6.07) is 6.74. The zero-order valence-electron chi connectivity index (χ0n) is 15.4. The van der Waals surface area contributed by atoms with Gasteiger partial charge in [0, 0.05) is 32.6 Å². The molecule has 1 aliphatic carbocycles. The molecule has 0 unspecified atom stereocenters. The Labute approximate surface area is 156 Å². The van der Waals surface area contributed by atoms with Crippen molar-refractivity contribution in [3.05, 3.63) is 24.3 Å². The van der Waals surface area contributed by atoms with Crippen LogP contribution in [-0.2, 0) is 14.8 Å². The Morgan fingerprint density at radius 1 is 1.04 bits per heavy atom. The van der Waals surface area contributed by atoms with Crippen LogP contribution >= 0.6 is 0 Å². The molecule has 1 aliphatic heterocycles. The molecule has 1 saturated heterocycles. The molecule has 1 heterocycles. The molecule has 7 heteroatoms. The van der Waals surface area contributed by atoms with Crippen molar-refractivity contribution in [2.24, 2.45) is 0 Å². The van der Waals surface area contributed by atoms with Crippen molar-refractivity contribution in [2.75, 3.05) is 26.2 Å². The molecule has 6 nitrogen and oxygen atoms in total. The van der Waals surface area contributed by atoms with Gasteiger partial charge in [0.05, 0.1) is 11.0 Å².